The van der Waals surface area contributed by atoms with E-state index in [0.29, 0.717) is 11.9 Å². The zero-order valence-electron chi connectivity index (χ0n) is 11.4. The van der Waals surface area contributed by atoms with Gasteiger partial charge >= 0.3 is 0 Å². The first-order valence-corrected chi connectivity index (χ1v) is 6.51. The van der Waals surface area contributed by atoms with Crippen LogP contribution in [0.5, 0.6) is 0 Å². The van der Waals surface area contributed by atoms with E-state index in [2.05, 4.69) is 29.9 Å². The van der Waals surface area contributed by atoms with Crippen LogP contribution in [0.3, 0.4) is 0 Å². The van der Waals surface area contributed by atoms with E-state index in [-0.39, 0.29) is 0 Å². The maximum Gasteiger partial charge on any atom is 0.234 e. The van der Waals surface area contributed by atoms with Crippen molar-refractivity contribution in [2.75, 3.05) is 0 Å². The van der Waals surface area contributed by atoms with Crippen molar-refractivity contribution in [1.29, 1.82) is 0 Å². The summed E-state index contributed by atoms with van der Waals surface area (Å²) >= 11 is 0. The third-order valence-electron chi connectivity index (χ3n) is 3.08. The van der Waals surface area contributed by atoms with Gasteiger partial charge in [0.05, 0.1) is 0 Å². The molecule has 0 aromatic carbocycles. The monoisotopic (exact) mass is 290 g/mol. The van der Waals surface area contributed by atoms with Gasteiger partial charge in [0.15, 0.2) is 0 Å². The van der Waals surface area contributed by atoms with E-state index < -0.39 is 0 Å². The van der Waals surface area contributed by atoms with Gasteiger partial charge in [-0.2, -0.15) is 0 Å². The maximum absolute atomic E-state index is 4.31. The fourth-order valence-electron chi connectivity index (χ4n) is 1.96. The van der Waals surface area contributed by atoms with E-state index in [4.69, 9.17) is 0 Å². The van der Waals surface area contributed by atoms with Crippen LogP contribution in [0, 0.1) is 0 Å². The molecule has 4 heterocycles. The third-order valence-corrected chi connectivity index (χ3v) is 3.08. The fourth-order valence-corrected chi connectivity index (χ4v) is 1.96. The van der Waals surface area contributed by atoms with Crippen LogP contribution >= 0.6 is 0 Å². The average molecular weight is 290 g/mol. The molecule has 0 unspecified atom stereocenters. The Labute approximate surface area is 125 Å². The lowest BCUT2D eigenvalue weighted by Crippen LogP contribution is -2.00. The molecule has 106 valence electrons. The quantitative estimate of drug-likeness (QED) is 0.565. The van der Waals surface area contributed by atoms with E-state index in [9.17, 15) is 0 Å². The molecule has 22 heavy (non-hydrogen) atoms. The topological polar surface area (TPSA) is 87.2 Å². The molecule has 0 saturated carbocycles. The number of nitrogens with zero attached hydrogens (tertiary/aromatic N) is 8. The van der Waals surface area contributed by atoms with E-state index in [0.717, 1.165) is 11.1 Å². The van der Waals surface area contributed by atoms with Gasteiger partial charge in [0.25, 0.3) is 0 Å². The number of imidazole rings is 2. The van der Waals surface area contributed by atoms with Gasteiger partial charge in [-0.1, -0.05) is 0 Å². The second kappa shape index (κ2) is 5.17. The predicted molar refractivity (Wildman–Crippen MR) is 77.3 cm³/mol. The van der Waals surface area contributed by atoms with Gasteiger partial charge in [-0.05, 0) is 0 Å². The molecule has 0 aliphatic carbocycles. The summed E-state index contributed by atoms with van der Waals surface area (Å²) < 4.78 is 3.48. The van der Waals surface area contributed by atoms with E-state index in [1.807, 2.05) is 0 Å². The summed E-state index contributed by atoms with van der Waals surface area (Å²) in [6.45, 7) is 0. The molecule has 8 nitrogen and oxygen atoms in total. The minimum Gasteiger partial charge on any atom is -0.274 e. The van der Waals surface area contributed by atoms with Crippen LogP contribution < -0.4 is 0 Å². The average Bonchev–Trinajstić information content (AvgIpc) is 3.29. The molecule has 0 saturated heterocycles. The normalized spacial score (nSPS) is 10.7. The number of rotatable bonds is 3. The molecule has 0 fully saturated rings. The first-order valence-electron chi connectivity index (χ1n) is 6.51. The van der Waals surface area contributed by atoms with Gasteiger partial charge < -0.3 is 0 Å². The highest BCUT2D eigenvalue weighted by Crippen LogP contribution is 2.16. The van der Waals surface area contributed by atoms with Crippen molar-refractivity contribution in [3.8, 4) is 23.0 Å². The van der Waals surface area contributed by atoms with Crippen molar-refractivity contribution in [3.63, 3.8) is 0 Å². The first kappa shape index (κ1) is 12.3. The molecular weight excluding hydrogens is 280 g/mol. The summed E-state index contributed by atoms with van der Waals surface area (Å²) in [5, 5.41) is 0. The number of hydrogen-bond donors (Lipinski definition) is 0. The summed E-state index contributed by atoms with van der Waals surface area (Å²) in [6.07, 6.45) is 17.2. The number of hydrogen-bond acceptors (Lipinski definition) is 6. The van der Waals surface area contributed by atoms with Crippen molar-refractivity contribution < 1.29 is 0 Å². The minimum atomic E-state index is 0.567. The van der Waals surface area contributed by atoms with E-state index in [1.54, 1.807) is 71.4 Å². The summed E-state index contributed by atoms with van der Waals surface area (Å²) in [4.78, 5) is 25.2. The second-order valence-electron chi connectivity index (χ2n) is 4.48. The molecule has 4 aromatic heterocycles. The van der Waals surface area contributed by atoms with Crippen molar-refractivity contribution in [2.45, 2.75) is 0 Å². The first-order chi connectivity index (χ1) is 10.9. The van der Waals surface area contributed by atoms with E-state index in [1.165, 1.54) is 0 Å². The molecule has 0 amide bonds. The van der Waals surface area contributed by atoms with Crippen LogP contribution in [0.4, 0.5) is 0 Å². The Bertz CT molecular complexity index is 773. The van der Waals surface area contributed by atoms with Crippen LogP contribution in [-0.2, 0) is 0 Å². The highest BCUT2D eigenvalue weighted by molar-refractivity contribution is 5.59. The van der Waals surface area contributed by atoms with Crippen LogP contribution in [0.1, 0.15) is 0 Å². The summed E-state index contributed by atoms with van der Waals surface area (Å²) in [5.41, 5.74) is 1.70. The Kier molecular flexibility index (Phi) is 2.90. The molecule has 0 bridgehead atoms. The molecule has 0 N–H and O–H groups in total. The standard InChI is InChI=1S/C14H10N8/c1-3-21(9-15-1)13-17-5-11(6-18-13)12-7-19-14(20-8-12)22-4-2-16-10-22/h1-10H. The smallest absolute Gasteiger partial charge is 0.234 e. The van der Waals surface area contributed by atoms with Crippen LogP contribution in [-0.4, -0.2) is 39.0 Å². The lowest BCUT2D eigenvalue weighted by Gasteiger charge is -2.04. The van der Waals surface area contributed by atoms with Gasteiger partial charge in [-0.15, -0.1) is 0 Å². The molecule has 8 heteroatoms. The maximum atomic E-state index is 4.31. The van der Waals surface area contributed by atoms with Crippen molar-refractivity contribution >= 4 is 0 Å². The highest BCUT2D eigenvalue weighted by atomic mass is 15.2. The summed E-state index contributed by atoms with van der Waals surface area (Å²) in [5.74, 6) is 1.13. The predicted octanol–water partition coefficient (Wildman–Crippen LogP) is 1.30. The third kappa shape index (κ3) is 2.22. The number of aromatic nitrogens is 8. The summed E-state index contributed by atoms with van der Waals surface area (Å²) in [7, 11) is 0. The largest absolute Gasteiger partial charge is 0.274 e. The van der Waals surface area contributed by atoms with Gasteiger partial charge in [-0.3, -0.25) is 9.13 Å². The summed E-state index contributed by atoms with van der Waals surface area (Å²) in [6, 6.07) is 0. The Morgan fingerprint density at radius 2 is 1.00 bits per heavy atom. The lowest BCUT2D eigenvalue weighted by molar-refractivity contribution is 0.919. The fraction of sp³-hybridized carbons (Fsp3) is 0. The van der Waals surface area contributed by atoms with E-state index >= 15 is 0 Å². The second-order valence-corrected chi connectivity index (χ2v) is 4.48. The molecule has 0 radical (unpaired) electrons. The molecule has 0 atom stereocenters. The van der Waals surface area contributed by atoms with Crippen LogP contribution in [0.15, 0.2) is 62.2 Å². The molecule has 0 aliphatic heterocycles. The molecule has 4 rings (SSSR count). The van der Waals surface area contributed by atoms with Gasteiger partial charge in [-0.25, -0.2) is 29.9 Å². The highest BCUT2D eigenvalue weighted by Gasteiger charge is 2.04. The van der Waals surface area contributed by atoms with Crippen molar-refractivity contribution in [2.24, 2.45) is 0 Å². The van der Waals surface area contributed by atoms with Crippen molar-refractivity contribution in [1.82, 2.24) is 39.0 Å². The molecule has 0 aliphatic rings. The van der Waals surface area contributed by atoms with Crippen LogP contribution in [0.25, 0.3) is 23.0 Å². The lowest BCUT2D eigenvalue weighted by atomic mass is 10.2. The van der Waals surface area contributed by atoms with Crippen molar-refractivity contribution in [3.05, 3.63) is 62.2 Å². The Hall–Kier alpha value is -3.42. The zero-order valence-corrected chi connectivity index (χ0v) is 11.4. The Morgan fingerprint density at radius 3 is 1.32 bits per heavy atom. The Balaban J connectivity index is 1.62. The van der Waals surface area contributed by atoms with Gasteiger partial charge in [0.2, 0.25) is 11.9 Å². The van der Waals surface area contributed by atoms with Gasteiger partial charge in [0.1, 0.15) is 12.7 Å². The minimum absolute atomic E-state index is 0.567. The zero-order chi connectivity index (χ0) is 14.8. The van der Waals surface area contributed by atoms with Crippen LogP contribution in [0.2, 0.25) is 0 Å². The van der Waals surface area contributed by atoms with Gasteiger partial charge in [0, 0.05) is 60.7 Å². The molecular formula is C14H10N8. The SMILES string of the molecule is c1cn(-c2ncc(-c3cnc(-n4ccnc4)nc3)cn2)cn1. The molecule has 4 aromatic rings. The molecule has 0 spiro atoms. The Morgan fingerprint density at radius 1 is 0.591 bits per heavy atom.